The molecule has 0 amide bonds. The largest absolute Gasteiger partial charge is 0.465 e. The van der Waals surface area contributed by atoms with Crippen molar-refractivity contribution >= 4 is 5.97 Å². The first kappa shape index (κ1) is 13.8. The first-order valence-corrected chi connectivity index (χ1v) is 7.21. The van der Waals surface area contributed by atoms with Crippen LogP contribution in [0.3, 0.4) is 0 Å². The number of carbonyl (C=O) groups excluding carboxylic acids is 1. The molecule has 3 nitrogen and oxygen atoms in total. The monoisotopic (exact) mass is 281 g/mol. The van der Waals surface area contributed by atoms with E-state index in [2.05, 4.69) is 30.4 Å². The molecular weight excluding hydrogens is 262 g/mol. The van der Waals surface area contributed by atoms with Crippen LogP contribution in [0.25, 0.3) is 0 Å². The molecule has 0 radical (unpaired) electrons. The Morgan fingerprint density at radius 1 is 1.19 bits per heavy atom. The molecule has 0 aromatic heterocycles. The SMILES string of the molecule is COC(=O)c1ccc2c(c1)[C@H](c1ccccc1C)NCC2. The fourth-order valence-electron chi connectivity index (χ4n) is 2.99. The minimum atomic E-state index is -0.285. The van der Waals surface area contributed by atoms with E-state index in [1.807, 2.05) is 24.3 Å². The number of aryl methyl sites for hydroxylation is 1. The zero-order valence-corrected chi connectivity index (χ0v) is 12.3. The lowest BCUT2D eigenvalue weighted by Gasteiger charge is -2.29. The highest BCUT2D eigenvalue weighted by Crippen LogP contribution is 2.31. The third-order valence-corrected chi connectivity index (χ3v) is 4.12. The number of hydrogen-bond acceptors (Lipinski definition) is 3. The van der Waals surface area contributed by atoms with Crippen molar-refractivity contribution in [3.8, 4) is 0 Å². The maximum Gasteiger partial charge on any atom is 0.337 e. The van der Waals surface area contributed by atoms with E-state index in [1.54, 1.807) is 0 Å². The fourth-order valence-corrected chi connectivity index (χ4v) is 2.99. The normalized spacial score (nSPS) is 17.1. The Morgan fingerprint density at radius 3 is 2.76 bits per heavy atom. The van der Waals surface area contributed by atoms with Gasteiger partial charge in [0, 0.05) is 6.54 Å². The fraction of sp³-hybridized carbons (Fsp3) is 0.278. The van der Waals surface area contributed by atoms with Crippen LogP contribution in [-0.2, 0) is 11.2 Å². The summed E-state index contributed by atoms with van der Waals surface area (Å²) < 4.78 is 4.83. The Morgan fingerprint density at radius 2 is 2.00 bits per heavy atom. The molecule has 1 heterocycles. The van der Waals surface area contributed by atoms with Crippen LogP contribution in [0.2, 0.25) is 0 Å². The third-order valence-electron chi connectivity index (χ3n) is 4.12. The molecule has 1 aliphatic rings. The van der Waals surface area contributed by atoms with Crippen LogP contribution in [0.4, 0.5) is 0 Å². The quantitative estimate of drug-likeness (QED) is 0.860. The average molecular weight is 281 g/mol. The van der Waals surface area contributed by atoms with Crippen molar-refractivity contribution in [1.29, 1.82) is 0 Å². The number of nitrogens with one attached hydrogen (secondary N) is 1. The minimum absolute atomic E-state index is 0.138. The zero-order chi connectivity index (χ0) is 14.8. The van der Waals surface area contributed by atoms with Crippen molar-refractivity contribution < 1.29 is 9.53 Å². The van der Waals surface area contributed by atoms with Gasteiger partial charge in [0.25, 0.3) is 0 Å². The van der Waals surface area contributed by atoms with Gasteiger partial charge in [0.05, 0.1) is 18.7 Å². The molecule has 0 bridgehead atoms. The van der Waals surface area contributed by atoms with Crippen LogP contribution >= 0.6 is 0 Å². The lowest BCUT2D eigenvalue weighted by atomic mass is 9.87. The Balaban J connectivity index is 2.08. The molecule has 0 saturated heterocycles. The van der Waals surface area contributed by atoms with Crippen LogP contribution in [0.15, 0.2) is 42.5 Å². The van der Waals surface area contributed by atoms with Gasteiger partial charge < -0.3 is 10.1 Å². The van der Waals surface area contributed by atoms with Crippen LogP contribution < -0.4 is 5.32 Å². The first-order valence-electron chi connectivity index (χ1n) is 7.21. The lowest BCUT2D eigenvalue weighted by Crippen LogP contribution is -2.31. The molecule has 1 aliphatic heterocycles. The molecule has 3 rings (SSSR count). The molecule has 0 saturated carbocycles. The molecule has 2 aromatic carbocycles. The van der Waals surface area contributed by atoms with Crippen molar-refractivity contribution in [2.75, 3.05) is 13.7 Å². The van der Waals surface area contributed by atoms with Gasteiger partial charge in [-0.2, -0.15) is 0 Å². The van der Waals surface area contributed by atoms with E-state index in [4.69, 9.17) is 4.74 Å². The Labute approximate surface area is 124 Å². The number of esters is 1. The lowest BCUT2D eigenvalue weighted by molar-refractivity contribution is 0.0600. The van der Waals surface area contributed by atoms with E-state index in [0.29, 0.717) is 5.56 Å². The molecule has 0 fully saturated rings. The maximum absolute atomic E-state index is 11.8. The van der Waals surface area contributed by atoms with E-state index < -0.39 is 0 Å². The van der Waals surface area contributed by atoms with Crippen LogP contribution in [0, 0.1) is 6.92 Å². The van der Waals surface area contributed by atoms with Crippen molar-refractivity contribution in [3.05, 3.63) is 70.3 Å². The van der Waals surface area contributed by atoms with Gasteiger partial charge in [-0.3, -0.25) is 0 Å². The van der Waals surface area contributed by atoms with Crippen LogP contribution in [0.1, 0.15) is 38.7 Å². The molecule has 1 N–H and O–H groups in total. The number of carbonyl (C=O) groups is 1. The van der Waals surface area contributed by atoms with Crippen molar-refractivity contribution in [1.82, 2.24) is 5.32 Å². The number of hydrogen-bond donors (Lipinski definition) is 1. The first-order chi connectivity index (χ1) is 10.2. The summed E-state index contributed by atoms with van der Waals surface area (Å²) in [6.45, 7) is 3.07. The van der Waals surface area contributed by atoms with Crippen LogP contribution in [-0.4, -0.2) is 19.6 Å². The predicted octanol–water partition coefficient (Wildman–Crippen LogP) is 3.02. The average Bonchev–Trinajstić information content (AvgIpc) is 2.53. The molecule has 2 aromatic rings. The number of rotatable bonds is 2. The highest BCUT2D eigenvalue weighted by Gasteiger charge is 2.23. The maximum atomic E-state index is 11.8. The Bertz CT molecular complexity index is 679. The summed E-state index contributed by atoms with van der Waals surface area (Å²) in [5, 5.41) is 3.56. The molecule has 3 heteroatoms. The van der Waals surface area contributed by atoms with Gasteiger partial charge in [-0.05, 0) is 47.7 Å². The molecule has 0 aliphatic carbocycles. The second-order valence-electron chi connectivity index (χ2n) is 5.40. The molecule has 0 spiro atoms. The summed E-state index contributed by atoms with van der Waals surface area (Å²) in [7, 11) is 1.42. The molecule has 108 valence electrons. The van der Waals surface area contributed by atoms with E-state index >= 15 is 0 Å². The predicted molar refractivity (Wildman–Crippen MR) is 82.5 cm³/mol. The van der Waals surface area contributed by atoms with E-state index in [9.17, 15) is 4.79 Å². The van der Waals surface area contributed by atoms with E-state index in [-0.39, 0.29) is 12.0 Å². The van der Waals surface area contributed by atoms with E-state index in [0.717, 1.165) is 13.0 Å². The number of fused-ring (bicyclic) bond motifs is 1. The summed E-state index contributed by atoms with van der Waals surface area (Å²) in [5.74, 6) is -0.285. The number of methoxy groups -OCH3 is 1. The van der Waals surface area contributed by atoms with Gasteiger partial charge in [-0.15, -0.1) is 0 Å². The number of ether oxygens (including phenoxy) is 1. The molecule has 0 unspecified atom stereocenters. The smallest absolute Gasteiger partial charge is 0.337 e. The van der Waals surface area contributed by atoms with Crippen molar-refractivity contribution in [3.63, 3.8) is 0 Å². The summed E-state index contributed by atoms with van der Waals surface area (Å²) in [6, 6.07) is 14.4. The van der Waals surface area contributed by atoms with Crippen molar-refractivity contribution in [2.24, 2.45) is 0 Å². The van der Waals surface area contributed by atoms with Gasteiger partial charge in [0.2, 0.25) is 0 Å². The molecular formula is C18H19NO2. The summed E-state index contributed by atoms with van der Waals surface area (Å²) in [6.07, 6.45) is 0.985. The topological polar surface area (TPSA) is 38.3 Å². The second-order valence-corrected chi connectivity index (χ2v) is 5.40. The molecule has 21 heavy (non-hydrogen) atoms. The van der Waals surface area contributed by atoms with Crippen molar-refractivity contribution in [2.45, 2.75) is 19.4 Å². The van der Waals surface area contributed by atoms with Gasteiger partial charge in [0.1, 0.15) is 0 Å². The summed E-state index contributed by atoms with van der Waals surface area (Å²) in [5.41, 5.74) is 5.61. The number of benzene rings is 2. The standard InChI is InChI=1S/C18H19NO2/c1-12-5-3-4-6-15(12)17-16-11-14(18(20)21-2)8-7-13(16)9-10-19-17/h3-8,11,17,19H,9-10H2,1-2H3/t17-/m0/s1. The second kappa shape index (κ2) is 5.70. The Kier molecular flexibility index (Phi) is 3.76. The summed E-state index contributed by atoms with van der Waals surface area (Å²) >= 11 is 0. The molecule has 1 atom stereocenters. The van der Waals surface area contributed by atoms with Gasteiger partial charge in [0.15, 0.2) is 0 Å². The van der Waals surface area contributed by atoms with E-state index in [1.165, 1.54) is 29.4 Å². The summed E-state index contributed by atoms with van der Waals surface area (Å²) in [4.78, 5) is 11.8. The third kappa shape index (κ3) is 2.57. The Hall–Kier alpha value is -2.13. The minimum Gasteiger partial charge on any atom is -0.465 e. The zero-order valence-electron chi connectivity index (χ0n) is 12.3. The highest BCUT2D eigenvalue weighted by molar-refractivity contribution is 5.89. The van der Waals surface area contributed by atoms with Gasteiger partial charge >= 0.3 is 5.97 Å². The van der Waals surface area contributed by atoms with Crippen LogP contribution in [0.5, 0.6) is 0 Å². The highest BCUT2D eigenvalue weighted by atomic mass is 16.5. The van der Waals surface area contributed by atoms with Gasteiger partial charge in [-0.1, -0.05) is 30.3 Å². The van der Waals surface area contributed by atoms with Gasteiger partial charge in [-0.25, -0.2) is 4.79 Å².